The monoisotopic (exact) mass is 205 g/mol. The van der Waals surface area contributed by atoms with Gasteiger partial charge in [-0.05, 0) is 0 Å². The van der Waals surface area contributed by atoms with Gasteiger partial charge in [0.25, 0.3) is 0 Å². The van der Waals surface area contributed by atoms with Gasteiger partial charge in [-0.1, -0.05) is 0 Å². The molecule has 3 unspecified atom stereocenters. The predicted octanol–water partition coefficient (Wildman–Crippen LogP) is -2.36. The van der Waals surface area contributed by atoms with E-state index in [4.69, 9.17) is 0 Å². The van der Waals surface area contributed by atoms with Gasteiger partial charge in [0.2, 0.25) is 0 Å². The van der Waals surface area contributed by atoms with Gasteiger partial charge < -0.3 is 0 Å². The summed E-state index contributed by atoms with van der Waals surface area (Å²) >= 11 is 0.695. The molecule has 0 amide bonds. The van der Waals surface area contributed by atoms with Gasteiger partial charge in [0, 0.05) is 0 Å². The van der Waals surface area contributed by atoms with E-state index in [0.717, 1.165) is 11.8 Å². The first kappa shape index (κ1) is 3.49. The van der Waals surface area contributed by atoms with Crippen LogP contribution in [0.1, 0.15) is 0 Å². The molecule has 2 heterocycles. The molecule has 3 fully saturated rings. The van der Waals surface area contributed by atoms with Crippen molar-refractivity contribution >= 4 is 0 Å². The first-order chi connectivity index (χ1) is 3.47. The molecule has 0 aromatic rings. The summed E-state index contributed by atoms with van der Waals surface area (Å²) in [7, 11) is 0. The van der Waals surface area contributed by atoms with E-state index in [1.54, 1.807) is 4.43 Å². The fourth-order valence-corrected chi connectivity index (χ4v) is 6.38. The second-order valence-corrected chi connectivity index (χ2v) is 5.66. The van der Waals surface area contributed by atoms with Crippen LogP contribution in [0.5, 0.6) is 0 Å². The summed E-state index contributed by atoms with van der Waals surface area (Å²) in [6.07, 6.45) is 2.49. The summed E-state index contributed by atoms with van der Waals surface area (Å²) in [6, 6.07) is 0. The van der Waals surface area contributed by atoms with Crippen molar-refractivity contribution in [2.75, 3.05) is 4.43 Å². The Labute approximate surface area is 53.2 Å². The molecule has 0 nitrogen and oxygen atoms in total. The molecule has 0 aromatic carbocycles. The fourth-order valence-electron chi connectivity index (χ4n) is 1.71. The molecule has 4 bridgehead atoms. The van der Waals surface area contributed by atoms with Crippen molar-refractivity contribution in [2.45, 2.75) is 3.92 Å². The number of hydrogen-bond acceptors (Lipinski definition) is 0. The van der Waals surface area contributed by atoms with Gasteiger partial charge in [0.1, 0.15) is 0 Å². The van der Waals surface area contributed by atoms with Crippen molar-refractivity contribution in [1.82, 2.24) is 0 Å². The Bertz CT molecular complexity index is 146. The number of alkyl halides is 2. The van der Waals surface area contributed by atoms with Crippen LogP contribution in [-0.2, 0) is 0 Å². The maximum atomic E-state index is 2.49. The van der Waals surface area contributed by atoms with Crippen LogP contribution in [0.2, 0.25) is 0 Å². The van der Waals surface area contributed by atoms with Crippen LogP contribution in [-0.4, -0.2) is 8.35 Å². The average molecular weight is 205 g/mol. The van der Waals surface area contributed by atoms with E-state index in [0.29, 0.717) is 21.2 Å². The molecule has 2 saturated heterocycles. The zero-order chi connectivity index (χ0) is 4.43. The molecule has 3 atom stereocenters. The van der Waals surface area contributed by atoms with Crippen molar-refractivity contribution < 1.29 is 21.2 Å². The molecular weight excluding hydrogens is 199 g/mol. The Morgan fingerprint density at radius 1 is 1.71 bits per heavy atom. The Hall–Kier alpha value is 0.470. The van der Waals surface area contributed by atoms with Crippen molar-refractivity contribution in [2.24, 2.45) is 11.8 Å². The van der Waals surface area contributed by atoms with Crippen LogP contribution >= 0.6 is 0 Å². The molecule has 3 aliphatic carbocycles. The number of rotatable bonds is 0. The van der Waals surface area contributed by atoms with Gasteiger partial charge in [0.15, 0.2) is 0 Å². The van der Waals surface area contributed by atoms with E-state index < -0.39 is 0 Å². The zero-order valence-electron chi connectivity index (χ0n) is 3.89. The van der Waals surface area contributed by atoms with Crippen LogP contribution in [0.4, 0.5) is 0 Å². The molecule has 1 saturated carbocycles. The number of hydrogen-bond donors (Lipinski definition) is 0. The van der Waals surface area contributed by atoms with Crippen molar-refractivity contribution in [3.05, 3.63) is 11.6 Å². The SMILES string of the molecule is C1=C2C3C[I-]C2C13. The molecule has 38 valence electrons. The van der Waals surface area contributed by atoms with E-state index in [1.165, 1.54) is 3.92 Å². The van der Waals surface area contributed by atoms with Crippen LogP contribution in [0.15, 0.2) is 11.6 Å². The second-order valence-electron chi connectivity index (χ2n) is 2.56. The van der Waals surface area contributed by atoms with E-state index >= 15 is 0 Å². The summed E-state index contributed by atoms with van der Waals surface area (Å²) in [6.45, 7) is 0. The number of allylic oxidation sites excluding steroid dienone is 2. The van der Waals surface area contributed by atoms with Gasteiger partial charge >= 0.3 is 53.0 Å². The fraction of sp³-hybridized carbons (Fsp3) is 0.667. The van der Waals surface area contributed by atoms with Gasteiger partial charge in [-0.25, -0.2) is 0 Å². The summed E-state index contributed by atoms with van der Waals surface area (Å²) in [4.78, 5) is 0. The average Bonchev–Trinajstić information content (AvgIpc) is 1.82. The van der Waals surface area contributed by atoms with Crippen LogP contribution < -0.4 is 21.2 Å². The zero-order valence-corrected chi connectivity index (χ0v) is 6.05. The minimum atomic E-state index is 0.695. The van der Waals surface area contributed by atoms with Crippen LogP contribution in [0.3, 0.4) is 0 Å². The van der Waals surface area contributed by atoms with Gasteiger partial charge in [-0.2, -0.15) is 0 Å². The van der Waals surface area contributed by atoms with Crippen LogP contribution in [0, 0.1) is 11.8 Å². The molecule has 0 radical (unpaired) electrons. The molecule has 5 aliphatic rings. The Morgan fingerprint density at radius 2 is 2.57 bits per heavy atom. The Morgan fingerprint density at radius 3 is 2.71 bits per heavy atom. The molecule has 0 spiro atoms. The quantitative estimate of drug-likeness (QED) is 0.236. The topological polar surface area (TPSA) is 0 Å². The van der Waals surface area contributed by atoms with E-state index in [-0.39, 0.29) is 0 Å². The number of halogens is 1. The van der Waals surface area contributed by atoms with Gasteiger partial charge in [-0.3, -0.25) is 0 Å². The summed E-state index contributed by atoms with van der Waals surface area (Å²) in [5.41, 5.74) is 1.87. The van der Waals surface area contributed by atoms with Gasteiger partial charge in [0.05, 0.1) is 0 Å². The summed E-state index contributed by atoms with van der Waals surface area (Å²) < 4.78 is 2.86. The van der Waals surface area contributed by atoms with E-state index in [9.17, 15) is 0 Å². The maximum absolute atomic E-state index is 2.49. The van der Waals surface area contributed by atoms with Crippen molar-refractivity contribution in [1.29, 1.82) is 0 Å². The standard InChI is InChI=1S/C6H6I/c1-3-5-2-7-6(3)4(1)5/h1,3,5-6H,2H2/q-1. The van der Waals surface area contributed by atoms with E-state index in [1.807, 2.05) is 5.57 Å². The van der Waals surface area contributed by atoms with E-state index in [2.05, 4.69) is 6.08 Å². The number of fused-ring (bicyclic) bond motifs is 1. The van der Waals surface area contributed by atoms with Crippen LogP contribution in [0.25, 0.3) is 0 Å². The molecule has 0 aromatic heterocycles. The first-order valence-electron chi connectivity index (χ1n) is 2.76. The first-order valence-corrected chi connectivity index (χ1v) is 5.53. The molecule has 2 aliphatic heterocycles. The third-order valence-electron chi connectivity index (χ3n) is 2.36. The molecular formula is C6H6I-. The molecule has 7 heavy (non-hydrogen) atoms. The second kappa shape index (κ2) is 0.809. The van der Waals surface area contributed by atoms with Crippen molar-refractivity contribution in [3.8, 4) is 0 Å². The molecule has 1 heteroatoms. The predicted molar refractivity (Wildman–Crippen MR) is 23.7 cm³/mol. The third kappa shape index (κ3) is 0.199. The normalized spacial score (nSPS) is 61.7. The minimum absolute atomic E-state index is 0.695. The third-order valence-corrected chi connectivity index (χ3v) is 6.31. The summed E-state index contributed by atoms with van der Waals surface area (Å²) in [5.74, 6) is 2.31. The molecule has 5 rings (SSSR count). The summed E-state index contributed by atoms with van der Waals surface area (Å²) in [5, 5.41) is 0. The Balaban J connectivity index is 2.27. The molecule has 0 N–H and O–H groups in total. The Kier molecular flexibility index (Phi) is 0.403. The van der Waals surface area contributed by atoms with Crippen molar-refractivity contribution in [3.63, 3.8) is 0 Å². The van der Waals surface area contributed by atoms with Gasteiger partial charge in [-0.15, -0.1) is 0 Å².